The van der Waals surface area contributed by atoms with Crippen LogP contribution in [0, 0.1) is 5.92 Å². The summed E-state index contributed by atoms with van der Waals surface area (Å²) in [6.45, 7) is 1.87. The normalized spacial score (nSPS) is 19.7. The second-order valence-electron chi connectivity index (χ2n) is 8.72. The molecule has 0 aliphatic carbocycles. The molecule has 0 spiro atoms. The minimum atomic E-state index is -0.000574. The first-order valence-electron chi connectivity index (χ1n) is 10.8. The molecule has 5 heterocycles. The van der Waals surface area contributed by atoms with Crippen molar-refractivity contribution in [3.05, 3.63) is 76.7 Å². The number of hydrogen-bond donors (Lipinski definition) is 0. The molecular weight excluding hydrogens is 404 g/mol. The monoisotopic (exact) mass is 426 g/mol. The molecule has 1 amide bonds. The Bertz CT molecular complexity index is 1420. The maximum Gasteiger partial charge on any atom is 0.261 e. The number of piperidine rings is 1. The molecule has 8 nitrogen and oxygen atoms in total. The predicted molar refractivity (Wildman–Crippen MR) is 119 cm³/mol. The highest BCUT2D eigenvalue weighted by Gasteiger charge is 2.37. The summed E-state index contributed by atoms with van der Waals surface area (Å²) in [4.78, 5) is 41.4. The van der Waals surface area contributed by atoms with Gasteiger partial charge in [0.15, 0.2) is 0 Å². The summed E-state index contributed by atoms with van der Waals surface area (Å²) in [6, 6.07) is 9.38. The Balaban J connectivity index is 1.31. The van der Waals surface area contributed by atoms with Crippen LogP contribution in [0.5, 0.6) is 0 Å². The number of hydrogen-bond acceptors (Lipinski definition) is 5. The lowest BCUT2D eigenvalue weighted by molar-refractivity contribution is 0.0595. The minimum Gasteiger partial charge on any atom is -0.338 e. The van der Waals surface area contributed by atoms with Gasteiger partial charge in [0, 0.05) is 68.6 Å². The van der Waals surface area contributed by atoms with E-state index in [9.17, 15) is 9.59 Å². The first kappa shape index (κ1) is 18.9. The second kappa shape index (κ2) is 7.12. The summed E-state index contributed by atoms with van der Waals surface area (Å²) in [7, 11) is 1.89. The Hall–Kier alpha value is -3.81. The van der Waals surface area contributed by atoms with Crippen molar-refractivity contribution in [3.63, 3.8) is 0 Å². The fourth-order valence-electron chi connectivity index (χ4n) is 5.19. The van der Waals surface area contributed by atoms with Gasteiger partial charge in [0.25, 0.3) is 11.5 Å². The van der Waals surface area contributed by atoms with Gasteiger partial charge in [-0.3, -0.25) is 19.6 Å². The van der Waals surface area contributed by atoms with Crippen LogP contribution in [0.2, 0.25) is 0 Å². The third kappa shape index (κ3) is 2.94. The van der Waals surface area contributed by atoms with E-state index in [1.165, 1.54) is 0 Å². The van der Waals surface area contributed by atoms with E-state index in [4.69, 9.17) is 0 Å². The number of rotatable bonds is 2. The number of imidazole rings is 1. The van der Waals surface area contributed by atoms with Gasteiger partial charge in [-0.1, -0.05) is 0 Å². The lowest BCUT2D eigenvalue weighted by Gasteiger charge is -2.43. The van der Waals surface area contributed by atoms with Gasteiger partial charge in [-0.05, 0) is 42.7 Å². The first-order chi connectivity index (χ1) is 15.6. The number of aromatic nitrogens is 5. The largest absolute Gasteiger partial charge is 0.338 e. The molecule has 0 unspecified atom stereocenters. The van der Waals surface area contributed by atoms with Crippen molar-refractivity contribution < 1.29 is 4.79 Å². The molecule has 2 aliphatic rings. The van der Waals surface area contributed by atoms with Crippen LogP contribution in [0.15, 0.2) is 59.9 Å². The zero-order valence-corrected chi connectivity index (χ0v) is 17.7. The Morgan fingerprint density at radius 1 is 0.969 bits per heavy atom. The molecule has 0 N–H and O–H groups in total. The maximum atomic E-state index is 13.3. The Kier molecular flexibility index (Phi) is 4.21. The van der Waals surface area contributed by atoms with Gasteiger partial charge in [-0.25, -0.2) is 4.98 Å². The summed E-state index contributed by atoms with van der Waals surface area (Å²) < 4.78 is 3.76. The molecule has 2 bridgehead atoms. The van der Waals surface area contributed by atoms with Crippen LogP contribution in [-0.4, -0.2) is 48.0 Å². The molecule has 0 radical (unpaired) electrons. The number of aryl methyl sites for hydroxylation is 1. The summed E-state index contributed by atoms with van der Waals surface area (Å²) in [6.07, 6.45) is 7.82. The zero-order valence-electron chi connectivity index (χ0n) is 17.7. The van der Waals surface area contributed by atoms with Crippen molar-refractivity contribution in [2.24, 2.45) is 13.0 Å². The smallest absolute Gasteiger partial charge is 0.261 e. The number of pyridine rings is 1. The molecule has 8 heteroatoms. The number of nitrogens with zero attached hydrogens (tertiary/aromatic N) is 6. The van der Waals surface area contributed by atoms with Crippen molar-refractivity contribution in [1.29, 1.82) is 0 Å². The average Bonchev–Trinajstić information content (AvgIpc) is 3.24. The standard InChI is InChI=1S/C24H22N6O2/c1-28-9-8-27-22(28)18-3-5-21-17-10-15(13-30(21)24(18)32)12-29(14-17)23(31)16-2-4-19-20(11-16)26-7-6-25-19/h2-9,11,15,17H,10,12-14H2,1H3/t15-,17+/m0/s1. The van der Waals surface area contributed by atoms with Crippen molar-refractivity contribution in [2.75, 3.05) is 13.1 Å². The molecule has 4 aromatic rings. The highest BCUT2D eigenvalue weighted by atomic mass is 16.2. The molecule has 0 saturated carbocycles. The van der Waals surface area contributed by atoms with E-state index in [0.29, 0.717) is 42.1 Å². The van der Waals surface area contributed by atoms with Crippen LogP contribution in [0.25, 0.3) is 22.4 Å². The van der Waals surface area contributed by atoms with E-state index in [2.05, 4.69) is 15.0 Å². The zero-order chi connectivity index (χ0) is 21.8. The van der Waals surface area contributed by atoms with Gasteiger partial charge >= 0.3 is 0 Å². The van der Waals surface area contributed by atoms with Crippen LogP contribution in [0.3, 0.4) is 0 Å². The fourth-order valence-corrected chi connectivity index (χ4v) is 5.19. The second-order valence-corrected chi connectivity index (χ2v) is 8.72. The van der Waals surface area contributed by atoms with E-state index < -0.39 is 0 Å². The van der Waals surface area contributed by atoms with E-state index in [1.54, 1.807) is 18.6 Å². The number of amides is 1. The molecule has 1 fully saturated rings. The Morgan fingerprint density at radius 3 is 2.62 bits per heavy atom. The van der Waals surface area contributed by atoms with Crippen molar-refractivity contribution in [2.45, 2.75) is 18.9 Å². The van der Waals surface area contributed by atoms with Gasteiger partial charge in [0.2, 0.25) is 0 Å². The summed E-state index contributed by atoms with van der Waals surface area (Å²) in [5, 5.41) is 0. The number of carbonyl (C=O) groups excluding carboxylic acids is 1. The lowest BCUT2D eigenvalue weighted by atomic mass is 9.82. The van der Waals surface area contributed by atoms with Crippen LogP contribution in [0.4, 0.5) is 0 Å². The number of benzene rings is 1. The van der Waals surface area contributed by atoms with Gasteiger partial charge in [-0.2, -0.15) is 0 Å². The van der Waals surface area contributed by atoms with Crippen LogP contribution in [-0.2, 0) is 13.6 Å². The third-order valence-electron chi connectivity index (χ3n) is 6.67. The average molecular weight is 426 g/mol. The summed E-state index contributed by atoms with van der Waals surface area (Å²) >= 11 is 0. The quantitative estimate of drug-likeness (QED) is 0.492. The van der Waals surface area contributed by atoms with Gasteiger partial charge in [-0.15, -0.1) is 0 Å². The van der Waals surface area contributed by atoms with Crippen LogP contribution in [0.1, 0.15) is 28.4 Å². The van der Waals surface area contributed by atoms with Gasteiger partial charge in [0.05, 0.1) is 16.6 Å². The fraction of sp³-hybridized carbons (Fsp3) is 0.292. The number of fused-ring (bicyclic) bond motifs is 5. The number of likely N-dealkylation sites (tertiary alicyclic amines) is 1. The highest BCUT2D eigenvalue weighted by Crippen LogP contribution is 2.36. The van der Waals surface area contributed by atoms with E-state index in [0.717, 1.165) is 17.6 Å². The lowest BCUT2D eigenvalue weighted by Crippen LogP contribution is -2.49. The molecular formula is C24H22N6O2. The SMILES string of the molecule is Cn1ccnc1-c1ccc2n(c1=O)C[C@H]1C[C@@H]2CN(C(=O)c2ccc3nccnc3c2)C1. The van der Waals surface area contributed by atoms with Crippen molar-refractivity contribution in [3.8, 4) is 11.4 Å². The molecule has 1 aromatic carbocycles. The van der Waals surface area contributed by atoms with Crippen molar-refractivity contribution >= 4 is 16.9 Å². The summed E-state index contributed by atoms with van der Waals surface area (Å²) in [5.41, 5.74) is 3.74. The van der Waals surface area contributed by atoms with Crippen LogP contribution >= 0.6 is 0 Å². The van der Waals surface area contributed by atoms with Crippen molar-refractivity contribution in [1.82, 2.24) is 29.0 Å². The van der Waals surface area contributed by atoms with Gasteiger partial charge < -0.3 is 14.0 Å². The predicted octanol–water partition coefficient (Wildman–Crippen LogP) is 2.45. The molecule has 3 aromatic heterocycles. The molecule has 32 heavy (non-hydrogen) atoms. The van der Waals surface area contributed by atoms with E-state index >= 15 is 0 Å². The molecule has 2 aliphatic heterocycles. The molecule has 160 valence electrons. The third-order valence-corrected chi connectivity index (χ3v) is 6.67. The topological polar surface area (TPSA) is 85.9 Å². The molecule has 2 atom stereocenters. The summed E-state index contributed by atoms with van der Waals surface area (Å²) in [5.74, 6) is 1.08. The highest BCUT2D eigenvalue weighted by molar-refractivity contribution is 5.97. The van der Waals surface area contributed by atoms with E-state index in [1.807, 2.05) is 57.6 Å². The Morgan fingerprint density at radius 2 is 1.81 bits per heavy atom. The molecule has 6 rings (SSSR count). The molecule has 1 saturated heterocycles. The van der Waals surface area contributed by atoms with Crippen LogP contribution < -0.4 is 5.56 Å². The first-order valence-corrected chi connectivity index (χ1v) is 10.8. The number of carbonyl (C=O) groups is 1. The maximum absolute atomic E-state index is 13.3. The van der Waals surface area contributed by atoms with E-state index in [-0.39, 0.29) is 23.3 Å². The minimum absolute atomic E-state index is 0.000574. The van der Waals surface area contributed by atoms with Gasteiger partial charge in [0.1, 0.15) is 5.82 Å². The Labute approximate surface area is 184 Å².